The van der Waals surface area contributed by atoms with Crippen LogP contribution in [0.2, 0.25) is 0 Å². The van der Waals surface area contributed by atoms with Crippen molar-refractivity contribution in [3.8, 4) is 11.4 Å². The molecule has 0 aliphatic carbocycles. The molecule has 1 fully saturated rings. The zero-order chi connectivity index (χ0) is 19.7. The van der Waals surface area contributed by atoms with Crippen molar-refractivity contribution in [3.05, 3.63) is 42.2 Å². The van der Waals surface area contributed by atoms with Crippen LogP contribution in [0.25, 0.3) is 22.3 Å². The molecule has 2 aromatic heterocycles. The molecule has 8 heteroatoms. The summed E-state index contributed by atoms with van der Waals surface area (Å²) in [6, 6.07) is 6.89. The Balaban J connectivity index is 1.70. The Labute approximate surface area is 162 Å². The molecule has 0 bridgehead atoms. The van der Waals surface area contributed by atoms with Crippen LogP contribution in [0.3, 0.4) is 0 Å². The van der Waals surface area contributed by atoms with Crippen molar-refractivity contribution < 1.29 is 4.74 Å². The van der Waals surface area contributed by atoms with Gasteiger partial charge in [-0.2, -0.15) is 0 Å². The molecule has 0 amide bonds. The van der Waals surface area contributed by atoms with Gasteiger partial charge in [0.25, 0.3) is 6.02 Å². The molecule has 1 aromatic carbocycles. The van der Waals surface area contributed by atoms with Gasteiger partial charge in [0.1, 0.15) is 5.82 Å². The second-order valence-corrected chi connectivity index (χ2v) is 7.19. The monoisotopic (exact) mass is 377 g/mol. The van der Waals surface area contributed by atoms with Gasteiger partial charge in [-0.05, 0) is 43.0 Å². The molecule has 144 valence electrons. The minimum absolute atomic E-state index is 0.168. The lowest BCUT2D eigenvalue weighted by molar-refractivity contribution is 0.444. The molecule has 1 atom stereocenters. The summed E-state index contributed by atoms with van der Waals surface area (Å²) in [5.41, 5.74) is 7.54. The van der Waals surface area contributed by atoms with Crippen LogP contribution in [0, 0.1) is 16.7 Å². The summed E-state index contributed by atoms with van der Waals surface area (Å²) in [6.45, 7) is 4.29. The number of hydrogen-bond acceptors (Lipinski definition) is 6. The average Bonchev–Trinajstić information content (AvgIpc) is 3.11. The third-order valence-electron chi connectivity index (χ3n) is 5.02. The van der Waals surface area contributed by atoms with Gasteiger partial charge in [-0.15, -0.1) is 0 Å². The Morgan fingerprint density at radius 3 is 2.96 bits per heavy atom. The predicted molar refractivity (Wildman–Crippen MR) is 110 cm³/mol. The highest BCUT2D eigenvalue weighted by Crippen LogP contribution is 2.29. The highest BCUT2D eigenvalue weighted by Gasteiger charge is 2.19. The highest BCUT2D eigenvalue weighted by atomic mass is 16.5. The van der Waals surface area contributed by atoms with Crippen molar-refractivity contribution in [1.82, 2.24) is 15.0 Å². The van der Waals surface area contributed by atoms with Gasteiger partial charge in [0.15, 0.2) is 5.82 Å². The molecule has 8 nitrogen and oxygen atoms in total. The number of nitrogens with one attached hydrogen (secondary N) is 3. The van der Waals surface area contributed by atoms with Crippen molar-refractivity contribution in [2.45, 2.75) is 19.8 Å². The summed E-state index contributed by atoms with van der Waals surface area (Å²) < 4.78 is 4.91. The fraction of sp³-hybridized carbons (Fsp3) is 0.300. The number of ether oxygens (including phenoxy) is 1. The fourth-order valence-electron chi connectivity index (χ4n) is 3.67. The number of nitrogens with zero attached hydrogens (tertiary/aromatic N) is 3. The summed E-state index contributed by atoms with van der Waals surface area (Å²) >= 11 is 0. The van der Waals surface area contributed by atoms with Crippen LogP contribution in [0.5, 0.6) is 0 Å². The highest BCUT2D eigenvalue weighted by molar-refractivity contribution is 6.03. The Morgan fingerprint density at radius 2 is 2.18 bits per heavy atom. The van der Waals surface area contributed by atoms with Gasteiger partial charge in [0.2, 0.25) is 5.90 Å². The largest absolute Gasteiger partial charge is 0.407 e. The summed E-state index contributed by atoms with van der Waals surface area (Å²) in [5, 5.41) is 16.0. The normalized spacial score (nSPS) is 16.9. The molecule has 0 saturated carbocycles. The van der Waals surface area contributed by atoms with Crippen molar-refractivity contribution in [3.63, 3.8) is 0 Å². The van der Waals surface area contributed by atoms with Crippen LogP contribution in [-0.4, -0.2) is 40.0 Å². The zero-order valence-corrected chi connectivity index (χ0v) is 15.7. The van der Waals surface area contributed by atoms with E-state index < -0.39 is 6.02 Å². The zero-order valence-electron chi connectivity index (χ0n) is 15.7. The van der Waals surface area contributed by atoms with Crippen molar-refractivity contribution in [1.29, 1.82) is 10.8 Å². The lowest BCUT2D eigenvalue weighted by Gasteiger charge is -2.31. The third-order valence-corrected chi connectivity index (χ3v) is 5.02. The van der Waals surface area contributed by atoms with Crippen molar-refractivity contribution in [2.75, 3.05) is 18.0 Å². The molecule has 1 saturated heterocycles. The van der Waals surface area contributed by atoms with E-state index in [1.54, 1.807) is 12.3 Å². The topological polar surface area (TPSA) is 128 Å². The number of H-pyrrole nitrogens is 1. The lowest BCUT2D eigenvalue weighted by Crippen LogP contribution is -2.34. The Kier molecular flexibility index (Phi) is 4.68. The summed E-state index contributed by atoms with van der Waals surface area (Å²) in [5.74, 6) is 2.07. The van der Waals surface area contributed by atoms with E-state index >= 15 is 0 Å². The number of aromatic amines is 1. The van der Waals surface area contributed by atoms with Crippen LogP contribution in [0.1, 0.15) is 25.3 Å². The van der Waals surface area contributed by atoms with Crippen LogP contribution < -0.4 is 10.6 Å². The van der Waals surface area contributed by atoms with Gasteiger partial charge in [-0.1, -0.05) is 6.92 Å². The smallest absolute Gasteiger partial charge is 0.285 e. The average molecular weight is 377 g/mol. The van der Waals surface area contributed by atoms with Gasteiger partial charge in [0, 0.05) is 47.5 Å². The first-order valence-corrected chi connectivity index (χ1v) is 9.31. The maximum Gasteiger partial charge on any atom is 0.285 e. The Morgan fingerprint density at radius 1 is 1.32 bits per heavy atom. The van der Waals surface area contributed by atoms with Crippen LogP contribution in [-0.2, 0) is 4.74 Å². The van der Waals surface area contributed by atoms with E-state index in [-0.39, 0.29) is 5.90 Å². The Bertz CT molecular complexity index is 1040. The Hall–Kier alpha value is -3.42. The molecule has 28 heavy (non-hydrogen) atoms. The molecule has 3 heterocycles. The first-order chi connectivity index (χ1) is 13.5. The van der Waals surface area contributed by atoms with E-state index in [1.165, 1.54) is 12.8 Å². The van der Waals surface area contributed by atoms with Crippen LogP contribution in [0.15, 0.2) is 36.7 Å². The van der Waals surface area contributed by atoms with E-state index in [9.17, 15) is 0 Å². The molecule has 4 rings (SSSR count). The molecule has 0 radical (unpaired) electrons. The number of piperidine rings is 1. The predicted octanol–water partition coefficient (Wildman–Crippen LogP) is 3.10. The van der Waals surface area contributed by atoms with E-state index in [0.717, 1.165) is 35.4 Å². The molecular formula is C20H23N7O. The van der Waals surface area contributed by atoms with Gasteiger partial charge in [-0.25, -0.2) is 9.97 Å². The standard InChI is InChI=1S/C20H23N7O/c1-12-3-2-8-27(11-12)17-6-7-24-19(26-17)15-10-25-16-5-4-13(9-14(15)16)18(21)28-20(22)23/h4-7,9-10,12,21,25H,2-3,8,11H2,1H3,(H3,22,23). The van der Waals surface area contributed by atoms with E-state index in [0.29, 0.717) is 17.3 Å². The summed E-state index contributed by atoms with van der Waals surface area (Å²) in [4.78, 5) is 14.8. The summed E-state index contributed by atoms with van der Waals surface area (Å²) in [7, 11) is 0. The molecule has 1 aliphatic heterocycles. The molecule has 1 aliphatic rings. The number of amidine groups is 1. The van der Waals surface area contributed by atoms with Crippen LogP contribution in [0.4, 0.5) is 5.82 Å². The van der Waals surface area contributed by atoms with E-state index in [1.807, 2.05) is 24.4 Å². The number of rotatable bonds is 3. The van der Waals surface area contributed by atoms with E-state index in [2.05, 4.69) is 21.8 Å². The minimum Gasteiger partial charge on any atom is -0.407 e. The van der Waals surface area contributed by atoms with Crippen molar-refractivity contribution in [2.24, 2.45) is 11.7 Å². The fourth-order valence-corrected chi connectivity index (χ4v) is 3.67. The second kappa shape index (κ2) is 7.30. The number of nitrogens with two attached hydrogens (primary N) is 1. The van der Waals surface area contributed by atoms with Crippen molar-refractivity contribution >= 4 is 28.6 Å². The molecule has 3 aromatic rings. The number of anilines is 1. The van der Waals surface area contributed by atoms with Gasteiger partial charge < -0.3 is 20.4 Å². The van der Waals surface area contributed by atoms with Crippen LogP contribution >= 0.6 is 0 Å². The third kappa shape index (κ3) is 3.53. The second-order valence-electron chi connectivity index (χ2n) is 7.19. The first-order valence-electron chi connectivity index (χ1n) is 9.31. The first kappa shape index (κ1) is 18.0. The molecule has 1 unspecified atom stereocenters. The summed E-state index contributed by atoms with van der Waals surface area (Å²) in [6.07, 6.45) is 6.10. The number of aromatic nitrogens is 3. The lowest BCUT2D eigenvalue weighted by atomic mass is 10.0. The molecular weight excluding hydrogens is 354 g/mol. The maximum atomic E-state index is 7.96. The molecule has 5 N–H and O–H groups in total. The number of fused-ring (bicyclic) bond motifs is 1. The van der Waals surface area contributed by atoms with Gasteiger partial charge in [-0.3, -0.25) is 10.8 Å². The van der Waals surface area contributed by atoms with Gasteiger partial charge in [0.05, 0.1) is 0 Å². The quantitative estimate of drug-likeness (QED) is 0.412. The number of hydrogen-bond donors (Lipinski definition) is 4. The van der Waals surface area contributed by atoms with E-state index in [4.69, 9.17) is 26.3 Å². The number of benzene rings is 1. The minimum atomic E-state index is -0.508. The molecule has 0 spiro atoms. The maximum absolute atomic E-state index is 7.96. The SMILES string of the molecule is CC1CCCN(c2ccnc(-c3c[nH]c4ccc(C(=N)OC(=N)N)cc34)n2)C1. The van der Waals surface area contributed by atoms with Gasteiger partial charge >= 0.3 is 0 Å².